The summed E-state index contributed by atoms with van der Waals surface area (Å²) in [6, 6.07) is 8.80. The standard InChI is InChI=1S/C21H29N3O4/c1-21(2,3)11-17(25)12-22-19(26)18-10-9-16-13-23(18)20(27)24(16)28-14-15-7-5-4-6-8-15/h4-8,16,18H,9-14H2,1-3H3,(H,22,26)/t16-,18+/m1/s1. The molecule has 7 nitrogen and oxygen atoms in total. The van der Waals surface area contributed by atoms with Gasteiger partial charge < -0.3 is 10.2 Å². The van der Waals surface area contributed by atoms with Crippen LogP contribution in [0.15, 0.2) is 30.3 Å². The van der Waals surface area contributed by atoms with E-state index < -0.39 is 6.04 Å². The summed E-state index contributed by atoms with van der Waals surface area (Å²) in [6.07, 6.45) is 1.68. The second-order valence-corrected chi connectivity index (χ2v) is 8.76. The van der Waals surface area contributed by atoms with E-state index in [0.29, 0.717) is 32.4 Å². The highest BCUT2D eigenvalue weighted by Crippen LogP contribution is 2.30. The summed E-state index contributed by atoms with van der Waals surface area (Å²) in [5, 5.41) is 4.12. The zero-order chi connectivity index (χ0) is 20.3. The van der Waals surface area contributed by atoms with Crippen molar-refractivity contribution in [3.8, 4) is 0 Å². The summed E-state index contributed by atoms with van der Waals surface area (Å²) in [4.78, 5) is 44.6. The van der Waals surface area contributed by atoms with E-state index in [1.807, 2.05) is 51.1 Å². The number of hydrogen-bond donors (Lipinski definition) is 1. The van der Waals surface area contributed by atoms with Crippen LogP contribution in [0.4, 0.5) is 4.79 Å². The van der Waals surface area contributed by atoms with Crippen molar-refractivity contribution in [2.75, 3.05) is 13.1 Å². The van der Waals surface area contributed by atoms with Crippen molar-refractivity contribution in [2.24, 2.45) is 5.41 Å². The molecule has 2 heterocycles. The Bertz CT molecular complexity index is 729. The first kappa shape index (κ1) is 20.3. The normalized spacial score (nSPS) is 21.8. The minimum atomic E-state index is -0.545. The van der Waals surface area contributed by atoms with E-state index in [0.717, 1.165) is 5.56 Å². The summed E-state index contributed by atoms with van der Waals surface area (Å²) in [5.41, 5.74) is 0.875. The van der Waals surface area contributed by atoms with Gasteiger partial charge in [0.05, 0.1) is 12.6 Å². The number of hydroxylamine groups is 2. The first-order valence-electron chi connectivity index (χ1n) is 9.81. The molecule has 0 saturated carbocycles. The smallest absolute Gasteiger partial charge is 0.345 e. The molecular weight excluding hydrogens is 358 g/mol. The second kappa shape index (κ2) is 8.31. The van der Waals surface area contributed by atoms with Crippen LogP contribution in [0.5, 0.6) is 0 Å². The number of nitrogens with zero attached hydrogens (tertiary/aromatic N) is 2. The van der Waals surface area contributed by atoms with Gasteiger partial charge in [-0.3, -0.25) is 14.4 Å². The molecule has 0 aliphatic carbocycles. The summed E-state index contributed by atoms with van der Waals surface area (Å²) >= 11 is 0. The van der Waals surface area contributed by atoms with Crippen LogP contribution in [0.1, 0.15) is 45.6 Å². The minimum absolute atomic E-state index is 0.00453. The van der Waals surface area contributed by atoms with Crippen molar-refractivity contribution in [1.29, 1.82) is 0 Å². The van der Waals surface area contributed by atoms with Crippen LogP contribution in [0.2, 0.25) is 0 Å². The molecule has 0 radical (unpaired) electrons. The maximum Gasteiger partial charge on any atom is 0.345 e. The quantitative estimate of drug-likeness (QED) is 0.780. The van der Waals surface area contributed by atoms with E-state index in [2.05, 4.69) is 5.32 Å². The Morgan fingerprint density at radius 2 is 1.89 bits per heavy atom. The summed E-state index contributed by atoms with van der Waals surface area (Å²) in [7, 11) is 0. The van der Waals surface area contributed by atoms with Gasteiger partial charge in [0, 0.05) is 13.0 Å². The number of ketones is 1. The molecule has 28 heavy (non-hydrogen) atoms. The Hall–Kier alpha value is -2.41. The number of amides is 3. The van der Waals surface area contributed by atoms with Crippen LogP contribution in [-0.2, 0) is 21.0 Å². The number of benzene rings is 1. The van der Waals surface area contributed by atoms with Gasteiger partial charge in [-0.15, -0.1) is 0 Å². The van der Waals surface area contributed by atoms with E-state index in [4.69, 9.17) is 4.84 Å². The molecule has 2 saturated heterocycles. The van der Waals surface area contributed by atoms with Crippen LogP contribution in [0.25, 0.3) is 0 Å². The number of piperidine rings is 1. The number of urea groups is 1. The molecule has 3 amide bonds. The Morgan fingerprint density at radius 3 is 2.57 bits per heavy atom. The molecule has 1 aromatic rings. The fraction of sp³-hybridized carbons (Fsp3) is 0.571. The zero-order valence-electron chi connectivity index (χ0n) is 16.8. The van der Waals surface area contributed by atoms with Crippen molar-refractivity contribution in [2.45, 2.75) is 58.7 Å². The number of nitrogens with one attached hydrogen (secondary N) is 1. The first-order valence-corrected chi connectivity index (χ1v) is 9.81. The predicted octanol–water partition coefficient (Wildman–Crippen LogP) is 2.51. The molecule has 0 spiro atoms. The largest absolute Gasteiger partial charge is 0.347 e. The van der Waals surface area contributed by atoms with Gasteiger partial charge in [0.25, 0.3) is 0 Å². The van der Waals surface area contributed by atoms with Crippen molar-refractivity contribution < 1.29 is 19.2 Å². The molecule has 2 fully saturated rings. The van der Waals surface area contributed by atoms with Crippen molar-refractivity contribution in [1.82, 2.24) is 15.3 Å². The van der Waals surface area contributed by atoms with Gasteiger partial charge in [0.1, 0.15) is 12.6 Å². The minimum Gasteiger partial charge on any atom is -0.347 e. The molecule has 2 aliphatic rings. The van der Waals surface area contributed by atoms with Gasteiger partial charge in [-0.05, 0) is 23.8 Å². The van der Waals surface area contributed by atoms with E-state index >= 15 is 0 Å². The monoisotopic (exact) mass is 387 g/mol. The number of carbonyl (C=O) groups is 3. The summed E-state index contributed by atoms with van der Waals surface area (Å²) in [5.74, 6) is -0.269. The number of fused-ring (bicyclic) bond motifs is 2. The average molecular weight is 387 g/mol. The van der Waals surface area contributed by atoms with Crippen LogP contribution >= 0.6 is 0 Å². The van der Waals surface area contributed by atoms with E-state index in [1.54, 1.807) is 4.90 Å². The fourth-order valence-electron chi connectivity index (χ4n) is 3.75. The Labute approximate surface area is 166 Å². The number of carbonyl (C=O) groups excluding carboxylic acids is 3. The Morgan fingerprint density at radius 1 is 1.18 bits per heavy atom. The van der Waals surface area contributed by atoms with Gasteiger partial charge in [-0.2, -0.15) is 5.06 Å². The summed E-state index contributed by atoms with van der Waals surface area (Å²) < 4.78 is 0. The second-order valence-electron chi connectivity index (χ2n) is 8.76. The average Bonchev–Trinajstić information content (AvgIpc) is 2.88. The highest BCUT2D eigenvalue weighted by molar-refractivity contribution is 5.91. The van der Waals surface area contributed by atoms with E-state index in [-0.39, 0.29) is 35.7 Å². The third-order valence-corrected chi connectivity index (χ3v) is 5.03. The van der Waals surface area contributed by atoms with Gasteiger partial charge in [0.2, 0.25) is 5.91 Å². The fourth-order valence-corrected chi connectivity index (χ4v) is 3.75. The van der Waals surface area contributed by atoms with Crippen molar-refractivity contribution >= 4 is 17.7 Å². The molecule has 0 aromatic heterocycles. The molecule has 2 aliphatic heterocycles. The van der Waals surface area contributed by atoms with Crippen molar-refractivity contribution in [3.63, 3.8) is 0 Å². The lowest BCUT2D eigenvalue weighted by atomic mass is 9.90. The zero-order valence-corrected chi connectivity index (χ0v) is 16.8. The van der Waals surface area contributed by atoms with Gasteiger partial charge in [0.15, 0.2) is 5.78 Å². The van der Waals surface area contributed by atoms with Crippen LogP contribution < -0.4 is 5.32 Å². The van der Waals surface area contributed by atoms with Gasteiger partial charge in [-0.25, -0.2) is 4.79 Å². The first-order chi connectivity index (χ1) is 13.2. The predicted molar refractivity (Wildman–Crippen MR) is 104 cm³/mol. The van der Waals surface area contributed by atoms with Crippen molar-refractivity contribution in [3.05, 3.63) is 35.9 Å². The molecule has 152 valence electrons. The third-order valence-electron chi connectivity index (χ3n) is 5.03. The maximum atomic E-state index is 12.7. The lowest BCUT2D eigenvalue weighted by Crippen LogP contribution is -2.50. The Balaban J connectivity index is 1.53. The molecule has 0 unspecified atom stereocenters. The molecule has 1 aromatic carbocycles. The number of hydrogen-bond acceptors (Lipinski definition) is 4. The molecule has 7 heteroatoms. The van der Waals surface area contributed by atoms with Crippen LogP contribution in [0, 0.1) is 5.41 Å². The van der Waals surface area contributed by atoms with Crippen LogP contribution in [0.3, 0.4) is 0 Å². The lowest BCUT2D eigenvalue weighted by Gasteiger charge is -2.29. The van der Waals surface area contributed by atoms with Gasteiger partial charge >= 0.3 is 6.03 Å². The molecule has 2 atom stereocenters. The molecular formula is C21H29N3O4. The van der Waals surface area contributed by atoms with Crippen LogP contribution in [-0.4, -0.2) is 52.9 Å². The van der Waals surface area contributed by atoms with E-state index in [9.17, 15) is 14.4 Å². The number of Topliss-reactive ketones (excluding diaryl/α,β-unsaturated/α-hetero) is 1. The highest BCUT2D eigenvalue weighted by Gasteiger charge is 2.47. The molecule has 3 rings (SSSR count). The van der Waals surface area contributed by atoms with Gasteiger partial charge in [-0.1, -0.05) is 51.1 Å². The molecule has 1 N–H and O–H groups in total. The maximum absolute atomic E-state index is 12.7. The molecule has 2 bridgehead atoms. The highest BCUT2D eigenvalue weighted by atomic mass is 16.7. The number of rotatable bonds is 7. The summed E-state index contributed by atoms with van der Waals surface area (Å²) in [6.45, 7) is 6.76. The van der Waals surface area contributed by atoms with E-state index in [1.165, 1.54) is 5.06 Å². The third kappa shape index (κ3) is 4.90. The topological polar surface area (TPSA) is 79.0 Å². The Kier molecular flexibility index (Phi) is 6.03. The SMILES string of the molecule is CC(C)(C)CC(=O)CNC(=O)[C@@H]1CC[C@@H]2CN1C(=O)N2OCc1ccccc1. The lowest BCUT2D eigenvalue weighted by molar-refractivity contribution is -0.140.